The van der Waals surface area contributed by atoms with Gasteiger partial charge in [-0.3, -0.25) is 0 Å². The van der Waals surface area contributed by atoms with Crippen molar-refractivity contribution in [3.63, 3.8) is 0 Å². The molecular weight excluding hydrogens is 267 g/mol. The summed E-state index contributed by atoms with van der Waals surface area (Å²) in [5.74, 6) is 0.0159. The molecule has 2 atom stereocenters. The third-order valence-electron chi connectivity index (χ3n) is 3.11. The first-order valence-electron chi connectivity index (χ1n) is 6.91. The SMILES string of the molecule is CCCNC(C)CC(C)c1cccc(OC(F)(F)F)c1. The minimum Gasteiger partial charge on any atom is -0.406 e. The first-order valence-corrected chi connectivity index (χ1v) is 6.91. The van der Waals surface area contributed by atoms with Crippen molar-refractivity contribution in [1.82, 2.24) is 5.32 Å². The Labute approximate surface area is 118 Å². The third-order valence-corrected chi connectivity index (χ3v) is 3.11. The fourth-order valence-electron chi connectivity index (χ4n) is 2.16. The molecule has 1 aromatic rings. The molecule has 0 amide bonds. The number of rotatable bonds is 7. The molecule has 2 unspecified atom stereocenters. The van der Waals surface area contributed by atoms with Crippen LogP contribution in [0.5, 0.6) is 5.75 Å². The lowest BCUT2D eigenvalue weighted by atomic mass is 9.94. The minimum absolute atomic E-state index is 0.156. The summed E-state index contributed by atoms with van der Waals surface area (Å²) in [5.41, 5.74) is 0.858. The first-order chi connectivity index (χ1) is 9.31. The van der Waals surface area contributed by atoms with Gasteiger partial charge in [-0.05, 0) is 49.9 Å². The molecule has 1 aromatic carbocycles. The van der Waals surface area contributed by atoms with Crippen LogP contribution in [0.3, 0.4) is 0 Å². The van der Waals surface area contributed by atoms with Gasteiger partial charge in [0.1, 0.15) is 5.75 Å². The largest absolute Gasteiger partial charge is 0.573 e. The Hall–Kier alpha value is -1.23. The van der Waals surface area contributed by atoms with Crippen LogP contribution in [-0.4, -0.2) is 18.9 Å². The summed E-state index contributed by atoms with van der Waals surface area (Å²) in [7, 11) is 0. The van der Waals surface area contributed by atoms with Crippen molar-refractivity contribution in [1.29, 1.82) is 0 Å². The Balaban J connectivity index is 2.64. The predicted molar refractivity (Wildman–Crippen MR) is 73.9 cm³/mol. The Morgan fingerprint density at radius 1 is 1.25 bits per heavy atom. The summed E-state index contributed by atoms with van der Waals surface area (Å²) in [6.45, 7) is 7.14. The lowest BCUT2D eigenvalue weighted by Crippen LogP contribution is -2.28. The van der Waals surface area contributed by atoms with Crippen LogP contribution in [0.1, 0.15) is 45.1 Å². The number of ether oxygens (including phenoxy) is 1. The summed E-state index contributed by atoms with van der Waals surface area (Å²) in [6, 6.07) is 6.54. The van der Waals surface area contributed by atoms with E-state index in [1.165, 1.54) is 12.1 Å². The van der Waals surface area contributed by atoms with E-state index in [-0.39, 0.29) is 11.7 Å². The van der Waals surface area contributed by atoms with Crippen LogP contribution in [-0.2, 0) is 0 Å². The van der Waals surface area contributed by atoms with Gasteiger partial charge in [0.2, 0.25) is 0 Å². The second kappa shape index (κ2) is 7.53. The van der Waals surface area contributed by atoms with Gasteiger partial charge in [-0.2, -0.15) is 0 Å². The monoisotopic (exact) mass is 289 g/mol. The van der Waals surface area contributed by atoms with Gasteiger partial charge < -0.3 is 10.1 Å². The van der Waals surface area contributed by atoms with Crippen LogP contribution in [0, 0.1) is 0 Å². The predicted octanol–water partition coefficient (Wildman–Crippen LogP) is 4.47. The molecule has 1 rings (SSSR count). The average Bonchev–Trinajstić information content (AvgIpc) is 2.34. The average molecular weight is 289 g/mol. The molecule has 0 aliphatic carbocycles. The van der Waals surface area contributed by atoms with E-state index in [4.69, 9.17) is 0 Å². The van der Waals surface area contributed by atoms with Gasteiger partial charge in [-0.15, -0.1) is 13.2 Å². The fraction of sp³-hybridized carbons (Fsp3) is 0.600. The highest BCUT2D eigenvalue weighted by molar-refractivity contribution is 5.30. The molecule has 0 aliphatic rings. The van der Waals surface area contributed by atoms with Crippen molar-refractivity contribution in [2.24, 2.45) is 0 Å². The van der Waals surface area contributed by atoms with Gasteiger partial charge in [0, 0.05) is 6.04 Å². The molecule has 0 saturated heterocycles. The Morgan fingerprint density at radius 2 is 1.95 bits per heavy atom. The van der Waals surface area contributed by atoms with Gasteiger partial charge in [0.25, 0.3) is 0 Å². The van der Waals surface area contributed by atoms with Crippen molar-refractivity contribution in [2.45, 2.75) is 51.9 Å². The lowest BCUT2D eigenvalue weighted by molar-refractivity contribution is -0.274. The second-order valence-electron chi connectivity index (χ2n) is 5.11. The molecule has 0 aliphatic heterocycles. The highest BCUT2D eigenvalue weighted by Crippen LogP contribution is 2.27. The van der Waals surface area contributed by atoms with Crippen LogP contribution in [0.25, 0.3) is 0 Å². The van der Waals surface area contributed by atoms with Gasteiger partial charge in [0.05, 0.1) is 0 Å². The van der Waals surface area contributed by atoms with E-state index in [1.807, 2.05) is 13.0 Å². The molecule has 0 bridgehead atoms. The van der Waals surface area contributed by atoms with Crippen molar-refractivity contribution in [3.05, 3.63) is 29.8 Å². The number of nitrogens with one attached hydrogen (secondary N) is 1. The molecular formula is C15H22F3NO. The molecule has 114 valence electrons. The molecule has 0 radical (unpaired) electrons. The van der Waals surface area contributed by atoms with Crippen LogP contribution in [0.15, 0.2) is 24.3 Å². The van der Waals surface area contributed by atoms with Crippen LogP contribution >= 0.6 is 0 Å². The standard InChI is InChI=1S/C15H22F3NO/c1-4-8-19-12(3)9-11(2)13-6-5-7-14(10-13)20-15(16,17)18/h5-7,10-12,19H,4,8-9H2,1-3H3. The summed E-state index contributed by atoms with van der Waals surface area (Å²) in [5, 5.41) is 3.37. The second-order valence-corrected chi connectivity index (χ2v) is 5.11. The molecule has 0 aromatic heterocycles. The van der Waals surface area contributed by atoms with E-state index in [1.54, 1.807) is 6.07 Å². The zero-order valence-corrected chi connectivity index (χ0v) is 12.1. The molecule has 20 heavy (non-hydrogen) atoms. The van der Waals surface area contributed by atoms with Gasteiger partial charge in [0.15, 0.2) is 0 Å². The normalized spacial score (nSPS) is 14.9. The number of alkyl halides is 3. The molecule has 1 N–H and O–H groups in total. The number of hydrogen-bond donors (Lipinski definition) is 1. The molecule has 5 heteroatoms. The molecule has 2 nitrogen and oxygen atoms in total. The summed E-state index contributed by atoms with van der Waals surface area (Å²) < 4.78 is 40.5. The first kappa shape index (κ1) is 16.8. The summed E-state index contributed by atoms with van der Waals surface area (Å²) in [4.78, 5) is 0. The lowest BCUT2D eigenvalue weighted by Gasteiger charge is -2.19. The van der Waals surface area contributed by atoms with E-state index in [2.05, 4.69) is 23.9 Å². The van der Waals surface area contributed by atoms with E-state index >= 15 is 0 Å². The minimum atomic E-state index is -4.64. The van der Waals surface area contributed by atoms with Gasteiger partial charge >= 0.3 is 6.36 Å². The maximum Gasteiger partial charge on any atom is 0.573 e. The molecule has 0 fully saturated rings. The van der Waals surface area contributed by atoms with Crippen LogP contribution in [0.2, 0.25) is 0 Å². The highest BCUT2D eigenvalue weighted by atomic mass is 19.4. The maximum absolute atomic E-state index is 12.2. The molecule has 0 saturated carbocycles. The van der Waals surface area contributed by atoms with E-state index in [0.29, 0.717) is 6.04 Å². The summed E-state index contributed by atoms with van der Waals surface area (Å²) in [6.07, 6.45) is -2.71. The van der Waals surface area contributed by atoms with E-state index in [9.17, 15) is 13.2 Å². The Kier molecular flexibility index (Phi) is 6.33. The maximum atomic E-state index is 12.2. The number of benzene rings is 1. The quantitative estimate of drug-likeness (QED) is 0.799. The fourth-order valence-corrected chi connectivity index (χ4v) is 2.16. The van der Waals surface area contributed by atoms with E-state index in [0.717, 1.165) is 24.9 Å². The number of halogens is 3. The van der Waals surface area contributed by atoms with Crippen LogP contribution in [0.4, 0.5) is 13.2 Å². The zero-order chi connectivity index (χ0) is 15.2. The van der Waals surface area contributed by atoms with Crippen molar-refractivity contribution < 1.29 is 17.9 Å². The molecule has 0 heterocycles. The van der Waals surface area contributed by atoms with Crippen molar-refractivity contribution in [3.8, 4) is 5.75 Å². The summed E-state index contributed by atoms with van der Waals surface area (Å²) >= 11 is 0. The van der Waals surface area contributed by atoms with Crippen LogP contribution < -0.4 is 10.1 Å². The van der Waals surface area contributed by atoms with Crippen molar-refractivity contribution in [2.75, 3.05) is 6.54 Å². The van der Waals surface area contributed by atoms with Gasteiger partial charge in [-0.1, -0.05) is 26.0 Å². The smallest absolute Gasteiger partial charge is 0.406 e. The molecule has 0 spiro atoms. The topological polar surface area (TPSA) is 21.3 Å². The zero-order valence-electron chi connectivity index (χ0n) is 12.1. The Bertz CT molecular complexity index is 406. The highest BCUT2D eigenvalue weighted by Gasteiger charge is 2.31. The Morgan fingerprint density at radius 3 is 2.55 bits per heavy atom. The number of hydrogen-bond acceptors (Lipinski definition) is 2. The third kappa shape index (κ3) is 6.28. The van der Waals surface area contributed by atoms with E-state index < -0.39 is 6.36 Å². The van der Waals surface area contributed by atoms with Crippen molar-refractivity contribution >= 4 is 0 Å². The van der Waals surface area contributed by atoms with Gasteiger partial charge in [-0.25, -0.2) is 0 Å².